The minimum absolute atomic E-state index is 0.739. The fraction of sp³-hybridized carbons (Fsp3) is 0.364. The second-order valence-electron chi connectivity index (χ2n) is 3.17. The molecule has 0 unspecified atom stereocenters. The molecule has 0 aliphatic rings. The Morgan fingerprint density at radius 1 is 1.57 bits per heavy atom. The number of aryl methyl sites for hydroxylation is 1. The Balaban J connectivity index is 2.93. The van der Waals surface area contributed by atoms with Crippen LogP contribution in [0.3, 0.4) is 0 Å². The summed E-state index contributed by atoms with van der Waals surface area (Å²) in [7, 11) is 0. The van der Waals surface area contributed by atoms with Crippen LogP contribution in [-0.4, -0.2) is 18.1 Å². The van der Waals surface area contributed by atoms with Crippen LogP contribution in [-0.2, 0) is 0 Å². The molecule has 1 aromatic rings. The molecule has 0 radical (unpaired) electrons. The van der Waals surface area contributed by atoms with Gasteiger partial charge >= 0.3 is 0 Å². The first kappa shape index (κ1) is 10.6. The molecule has 0 atom stereocenters. The van der Waals surface area contributed by atoms with Crippen LogP contribution in [0.15, 0.2) is 24.8 Å². The predicted molar refractivity (Wildman–Crippen MR) is 61.5 cm³/mol. The zero-order valence-electron chi connectivity index (χ0n) is 8.83. The van der Waals surface area contributed by atoms with E-state index in [1.54, 1.807) is 0 Å². The molecule has 0 amide bonds. The molecule has 3 heteroatoms. The fourth-order valence-corrected chi connectivity index (χ4v) is 1.28. The highest BCUT2D eigenvalue weighted by Crippen LogP contribution is 2.15. The molecule has 0 saturated carbocycles. The van der Waals surface area contributed by atoms with Crippen molar-refractivity contribution in [2.24, 2.45) is 0 Å². The maximum Gasteiger partial charge on any atom is 0.129 e. The minimum atomic E-state index is 0.739. The molecule has 0 aromatic carbocycles. The summed E-state index contributed by atoms with van der Waals surface area (Å²) in [5.41, 5.74) is 7.32. The minimum Gasteiger partial charge on any atom is -0.397 e. The Bertz CT molecular complexity index is 320. The van der Waals surface area contributed by atoms with Crippen LogP contribution in [0, 0.1) is 6.92 Å². The molecule has 0 spiro atoms. The van der Waals surface area contributed by atoms with Gasteiger partial charge in [0.1, 0.15) is 5.82 Å². The molecular formula is C11H17N3. The quantitative estimate of drug-likeness (QED) is 0.740. The summed E-state index contributed by atoms with van der Waals surface area (Å²) in [5.74, 6) is 0.958. The van der Waals surface area contributed by atoms with Crippen LogP contribution in [0.2, 0.25) is 0 Å². The number of pyridine rings is 1. The van der Waals surface area contributed by atoms with Crippen LogP contribution in [0.25, 0.3) is 0 Å². The van der Waals surface area contributed by atoms with Gasteiger partial charge in [-0.05, 0) is 26.0 Å². The highest BCUT2D eigenvalue weighted by molar-refractivity contribution is 5.50. The second kappa shape index (κ2) is 4.65. The topological polar surface area (TPSA) is 42.1 Å². The molecule has 2 N–H and O–H groups in total. The van der Waals surface area contributed by atoms with Crippen molar-refractivity contribution in [1.29, 1.82) is 0 Å². The Morgan fingerprint density at radius 2 is 2.29 bits per heavy atom. The van der Waals surface area contributed by atoms with E-state index in [1.807, 2.05) is 25.1 Å². The first-order valence-corrected chi connectivity index (χ1v) is 4.78. The Labute approximate surface area is 85.3 Å². The van der Waals surface area contributed by atoms with Crippen molar-refractivity contribution in [3.8, 4) is 0 Å². The SMILES string of the molecule is C=CCN(CC)c1ccc(N)c(C)n1. The van der Waals surface area contributed by atoms with Gasteiger partial charge in [0.25, 0.3) is 0 Å². The van der Waals surface area contributed by atoms with E-state index in [0.29, 0.717) is 0 Å². The summed E-state index contributed by atoms with van der Waals surface area (Å²) in [5, 5.41) is 0. The van der Waals surface area contributed by atoms with Crippen molar-refractivity contribution < 1.29 is 0 Å². The monoisotopic (exact) mass is 191 g/mol. The number of likely N-dealkylation sites (N-methyl/N-ethyl adjacent to an activating group) is 1. The van der Waals surface area contributed by atoms with Crippen LogP contribution >= 0.6 is 0 Å². The lowest BCUT2D eigenvalue weighted by atomic mass is 10.3. The van der Waals surface area contributed by atoms with Gasteiger partial charge in [0.15, 0.2) is 0 Å². The van der Waals surface area contributed by atoms with Crippen LogP contribution < -0.4 is 10.6 Å². The number of nitrogen functional groups attached to an aromatic ring is 1. The summed E-state index contributed by atoms with van der Waals surface area (Å²) >= 11 is 0. The maximum absolute atomic E-state index is 5.70. The van der Waals surface area contributed by atoms with Crippen LogP contribution in [0.1, 0.15) is 12.6 Å². The summed E-state index contributed by atoms with van der Waals surface area (Å²) < 4.78 is 0. The highest BCUT2D eigenvalue weighted by Gasteiger charge is 2.04. The lowest BCUT2D eigenvalue weighted by molar-refractivity contribution is 0.878. The number of hydrogen-bond donors (Lipinski definition) is 1. The van der Waals surface area contributed by atoms with Crippen molar-refractivity contribution in [2.45, 2.75) is 13.8 Å². The van der Waals surface area contributed by atoms with E-state index in [1.165, 1.54) is 0 Å². The molecular weight excluding hydrogens is 174 g/mol. The predicted octanol–water partition coefficient (Wildman–Crippen LogP) is 1.98. The van der Waals surface area contributed by atoms with Gasteiger partial charge in [-0.1, -0.05) is 6.08 Å². The van der Waals surface area contributed by atoms with Gasteiger partial charge in [0.2, 0.25) is 0 Å². The molecule has 1 rings (SSSR count). The van der Waals surface area contributed by atoms with Gasteiger partial charge in [0, 0.05) is 13.1 Å². The standard InChI is InChI=1S/C11H17N3/c1-4-8-14(5-2)11-7-6-10(12)9(3)13-11/h4,6-7H,1,5,8,12H2,2-3H3. The number of hydrogen-bond acceptors (Lipinski definition) is 3. The molecule has 14 heavy (non-hydrogen) atoms. The number of nitrogens with zero attached hydrogens (tertiary/aromatic N) is 2. The summed E-state index contributed by atoms with van der Waals surface area (Å²) in [4.78, 5) is 6.55. The first-order valence-electron chi connectivity index (χ1n) is 4.78. The third-order valence-corrected chi connectivity index (χ3v) is 2.17. The number of rotatable bonds is 4. The molecule has 0 aliphatic heterocycles. The molecule has 0 bridgehead atoms. The van der Waals surface area contributed by atoms with Gasteiger partial charge in [0.05, 0.1) is 11.4 Å². The average molecular weight is 191 g/mol. The zero-order chi connectivity index (χ0) is 10.6. The third-order valence-electron chi connectivity index (χ3n) is 2.17. The van der Waals surface area contributed by atoms with E-state index in [-0.39, 0.29) is 0 Å². The first-order chi connectivity index (χ1) is 6.69. The van der Waals surface area contributed by atoms with Crippen LogP contribution in [0.5, 0.6) is 0 Å². The van der Waals surface area contributed by atoms with E-state index in [4.69, 9.17) is 5.73 Å². The Hall–Kier alpha value is -1.51. The van der Waals surface area contributed by atoms with E-state index in [2.05, 4.69) is 23.4 Å². The van der Waals surface area contributed by atoms with Crippen molar-refractivity contribution in [3.05, 3.63) is 30.5 Å². The maximum atomic E-state index is 5.70. The van der Waals surface area contributed by atoms with Crippen molar-refractivity contribution in [2.75, 3.05) is 23.7 Å². The molecule has 1 heterocycles. The van der Waals surface area contributed by atoms with Crippen molar-refractivity contribution in [3.63, 3.8) is 0 Å². The molecule has 1 aromatic heterocycles. The van der Waals surface area contributed by atoms with E-state index >= 15 is 0 Å². The van der Waals surface area contributed by atoms with Gasteiger partial charge in [-0.2, -0.15) is 0 Å². The Kier molecular flexibility index (Phi) is 3.51. The lowest BCUT2D eigenvalue weighted by Gasteiger charge is -2.20. The number of nitrogens with two attached hydrogens (primary N) is 1. The normalized spacial score (nSPS) is 9.86. The Morgan fingerprint density at radius 3 is 2.79 bits per heavy atom. The average Bonchev–Trinajstić information content (AvgIpc) is 2.19. The van der Waals surface area contributed by atoms with E-state index in [0.717, 1.165) is 30.3 Å². The summed E-state index contributed by atoms with van der Waals surface area (Å²) in [6, 6.07) is 3.83. The largest absolute Gasteiger partial charge is 0.397 e. The smallest absolute Gasteiger partial charge is 0.129 e. The van der Waals surface area contributed by atoms with Gasteiger partial charge in [-0.3, -0.25) is 0 Å². The molecule has 0 aliphatic carbocycles. The molecule has 3 nitrogen and oxygen atoms in total. The second-order valence-corrected chi connectivity index (χ2v) is 3.17. The fourth-order valence-electron chi connectivity index (χ4n) is 1.28. The summed E-state index contributed by atoms with van der Waals surface area (Å²) in [6.45, 7) is 9.46. The van der Waals surface area contributed by atoms with Crippen LogP contribution in [0.4, 0.5) is 11.5 Å². The zero-order valence-corrected chi connectivity index (χ0v) is 8.83. The lowest BCUT2D eigenvalue weighted by Crippen LogP contribution is -2.23. The highest BCUT2D eigenvalue weighted by atomic mass is 15.2. The summed E-state index contributed by atoms with van der Waals surface area (Å²) in [6.07, 6.45) is 1.87. The third kappa shape index (κ3) is 2.25. The van der Waals surface area contributed by atoms with E-state index < -0.39 is 0 Å². The van der Waals surface area contributed by atoms with Crippen molar-refractivity contribution >= 4 is 11.5 Å². The molecule has 0 fully saturated rings. The van der Waals surface area contributed by atoms with Gasteiger partial charge in [-0.15, -0.1) is 6.58 Å². The molecule has 76 valence electrons. The van der Waals surface area contributed by atoms with Gasteiger partial charge < -0.3 is 10.6 Å². The van der Waals surface area contributed by atoms with Gasteiger partial charge in [-0.25, -0.2) is 4.98 Å². The number of aromatic nitrogens is 1. The number of anilines is 2. The molecule has 0 saturated heterocycles. The van der Waals surface area contributed by atoms with Crippen molar-refractivity contribution in [1.82, 2.24) is 4.98 Å². The van der Waals surface area contributed by atoms with E-state index in [9.17, 15) is 0 Å².